The topological polar surface area (TPSA) is 89.1 Å². The number of ether oxygens (including phenoxy) is 1. The molecule has 0 spiro atoms. The Bertz CT molecular complexity index is 1470. The standard InChI is InChI=1S/C24H22F2N4O4/c1-12-17(23(32)29-11-24(25,26)14(29)3)10-30-21(12)18(7-8-28-30)34-15-5-6-16-19(9-15)33-13(2)20(16)22(31)27-4/h5-10,14H,11H2,1-4H3,(H,27,31). The number of fused-ring (bicyclic) bond motifs is 2. The number of aromatic nitrogens is 2. The van der Waals surface area contributed by atoms with E-state index in [0.29, 0.717) is 50.4 Å². The van der Waals surface area contributed by atoms with Crippen molar-refractivity contribution in [2.24, 2.45) is 0 Å². The van der Waals surface area contributed by atoms with Crippen LogP contribution in [0, 0.1) is 13.8 Å². The molecule has 0 bridgehead atoms. The van der Waals surface area contributed by atoms with Crippen molar-refractivity contribution in [2.75, 3.05) is 13.6 Å². The third-order valence-electron chi connectivity index (χ3n) is 6.36. The average Bonchev–Trinajstić information content (AvgIpc) is 3.32. The lowest BCUT2D eigenvalue weighted by Gasteiger charge is -2.45. The number of likely N-dealkylation sites (tertiary alicyclic amines) is 1. The van der Waals surface area contributed by atoms with Gasteiger partial charge in [0, 0.05) is 30.8 Å². The maximum Gasteiger partial charge on any atom is 0.284 e. The van der Waals surface area contributed by atoms with Crippen molar-refractivity contribution in [1.82, 2.24) is 19.8 Å². The molecule has 10 heteroatoms. The van der Waals surface area contributed by atoms with Crippen LogP contribution in [0.5, 0.6) is 11.5 Å². The number of furan rings is 1. The Balaban J connectivity index is 1.50. The van der Waals surface area contributed by atoms with Gasteiger partial charge in [-0.1, -0.05) is 0 Å². The average molecular weight is 468 g/mol. The number of rotatable bonds is 4. The summed E-state index contributed by atoms with van der Waals surface area (Å²) in [5.41, 5.74) is 2.37. The van der Waals surface area contributed by atoms with Crippen LogP contribution in [0.3, 0.4) is 0 Å². The van der Waals surface area contributed by atoms with Crippen molar-refractivity contribution >= 4 is 28.3 Å². The predicted octanol–water partition coefficient (Wildman–Crippen LogP) is 4.33. The smallest absolute Gasteiger partial charge is 0.284 e. The maximum absolute atomic E-state index is 13.6. The highest BCUT2D eigenvalue weighted by atomic mass is 19.3. The minimum atomic E-state index is -2.88. The monoisotopic (exact) mass is 468 g/mol. The number of carbonyl (C=O) groups is 2. The predicted molar refractivity (Wildman–Crippen MR) is 120 cm³/mol. The van der Waals surface area contributed by atoms with E-state index in [2.05, 4.69) is 10.4 Å². The molecule has 4 aromatic rings. The highest BCUT2D eigenvalue weighted by Crippen LogP contribution is 2.38. The van der Waals surface area contributed by atoms with E-state index in [4.69, 9.17) is 9.15 Å². The maximum atomic E-state index is 13.6. The number of hydrogen-bond donors (Lipinski definition) is 1. The molecule has 3 aromatic heterocycles. The summed E-state index contributed by atoms with van der Waals surface area (Å²) in [6.07, 6.45) is 3.05. The molecular formula is C24H22F2N4O4. The van der Waals surface area contributed by atoms with Gasteiger partial charge >= 0.3 is 0 Å². The van der Waals surface area contributed by atoms with Crippen LogP contribution in [0.1, 0.15) is 39.0 Å². The zero-order chi connectivity index (χ0) is 24.4. The first kappa shape index (κ1) is 21.9. The van der Waals surface area contributed by atoms with Crippen molar-refractivity contribution in [3.8, 4) is 11.5 Å². The molecule has 1 unspecified atom stereocenters. The SMILES string of the molecule is CNC(=O)c1c(C)oc2cc(Oc3ccnn4cc(C(=O)N5CC(F)(F)C5C)c(C)c34)ccc12. The molecule has 34 heavy (non-hydrogen) atoms. The van der Waals surface area contributed by atoms with Crippen LogP contribution in [-0.2, 0) is 0 Å². The Hall–Kier alpha value is -3.95. The highest BCUT2D eigenvalue weighted by Gasteiger charge is 2.54. The molecule has 1 N–H and O–H groups in total. The lowest BCUT2D eigenvalue weighted by atomic mass is 9.98. The van der Waals surface area contributed by atoms with Crippen LogP contribution in [0.2, 0.25) is 0 Å². The second-order valence-corrected chi connectivity index (χ2v) is 8.40. The summed E-state index contributed by atoms with van der Waals surface area (Å²) in [5, 5.41) is 7.51. The van der Waals surface area contributed by atoms with Gasteiger partial charge in [-0.2, -0.15) is 5.10 Å². The third-order valence-corrected chi connectivity index (χ3v) is 6.36. The van der Waals surface area contributed by atoms with E-state index in [1.54, 1.807) is 45.2 Å². The van der Waals surface area contributed by atoms with Crippen LogP contribution < -0.4 is 10.1 Å². The van der Waals surface area contributed by atoms with Gasteiger partial charge in [-0.05, 0) is 38.5 Å². The van der Waals surface area contributed by atoms with E-state index in [0.717, 1.165) is 4.90 Å². The molecule has 0 aliphatic carbocycles. The van der Waals surface area contributed by atoms with Crippen LogP contribution in [0.15, 0.2) is 41.1 Å². The number of benzene rings is 1. The molecule has 0 radical (unpaired) electrons. The number of amides is 2. The van der Waals surface area contributed by atoms with Gasteiger partial charge in [0.15, 0.2) is 5.75 Å². The molecular weight excluding hydrogens is 446 g/mol. The van der Waals surface area contributed by atoms with Gasteiger partial charge in [-0.3, -0.25) is 9.59 Å². The first-order valence-corrected chi connectivity index (χ1v) is 10.7. The first-order chi connectivity index (χ1) is 16.1. The summed E-state index contributed by atoms with van der Waals surface area (Å²) < 4.78 is 40.6. The second-order valence-electron chi connectivity index (χ2n) is 8.40. The lowest BCUT2D eigenvalue weighted by molar-refractivity contribution is -0.156. The van der Waals surface area contributed by atoms with Crippen molar-refractivity contribution in [3.05, 3.63) is 59.1 Å². The molecule has 1 fully saturated rings. The summed E-state index contributed by atoms with van der Waals surface area (Å²) in [7, 11) is 1.56. The van der Waals surface area contributed by atoms with Gasteiger partial charge in [0.05, 0.1) is 29.9 Å². The van der Waals surface area contributed by atoms with Gasteiger partial charge in [-0.15, -0.1) is 0 Å². The van der Waals surface area contributed by atoms with Crippen LogP contribution in [0.25, 0.3) is 16.5 Å². The molecule has 1 aliphatic heterocycles. The normalized spacial score (nSPS) is 17.1. The van der Waals surface area contributed by atoms with E-state index >= 15 is 0 Å². The molecule has 4 heterocycles. The number of nitrogens with zero attached hydrogens (tertiary/aromatic N) is 3. The third kappa shape index (κ3) is 3.20. The Morgan fingerprint density at radius 3 is 2.71 bits per heavy atom. The van der Waals surface area contributed by atoms with E-state index in [-0.39, 0.29) is 5.91 Å². The molecule has 1 aromatic carbocycles. The fourth-order valence-corrected chi connectivity index (χ4v) is 4.33. The van der Waals surface area contributed by atoms with Crippen molar-refractivity contribution < 1.29 is 27.5 Å². The van der Waals surface area contributed by atoms with Crippen molar-refractivity contribution in [3.63, 3.8) is 0 Å². The second kappa shape index (κ2) is 7.54. The molecule has 1 aliphatic rings. The number of halogens is 2. The van der Waals surface area contributed by atoms with Gasteiger partial charge in [-0.25, -0.2) is 13.3 Å². The Morgan fingerprint density at radius 2 is 2.03 bits per heavy atom. The summed E-state index contributed by atoms with van der Waals surface area (Å²) >= 11 is 0. The summed E-state index contributed by atoms with van der Waals surface area (Å²) in [6.45, 7) is 4.18. The van der Waals surface area contributed by atoms with E-state index in [9.17, 15) is 18.4 Å². The van der Waals surface area contributed by atoms with Crippen LogP contribution >= 0.6 is 0 Å². The molecule has 1 atom stereocenters. The summed E-state index contributed by atoms with van der Waals surface area (Å²) in [4.78, 5) is 26.2. The van der Waals surface area contributed by atoms with Crippen LogP contribution in [0.4, 0.5) is 8.78 Å². The Kier molecular flexibility index (Phi) is 4.85. The van der Waals surface area contributed by atoms with Crippen LogP contribution in [-0.4, -0.2) is 51.9 Å². The number of alkyl halides is 2. The number of hydrogen-bond acceptors (Lipinski definition) is 5. The zero-order valence-electron chi connectivity index (χ0n) is 19.0. The molecule has 2 amide bonds. The number of carbonyl (C=O) groups excluding carboxylic acids is 2. The number of nitrogens with one attached hydrogen (secondary N) is 1. The Morgan fingerprint density at radius 1 is 1.26 bits per heavy atom. The zero-order valence-corrected chi connectivity index (χ0v) is 19.0. The van der Waals surface area contributed by atoms with Crippen molar-refractivity contribution in [2.45, 2.75) is 32.7 Å². The molecule has 5 rings (SSSR count). The van der Waals surface area contributed by atoms with Gasteiger partial charge in [0.1, 0.15) is 22.6 Å². The van der Waals surface area contributed by atoms with Gasteiger partial charge in [0.25, 0.3) is 17.7 Å². The largest absolute Gasteiger partial charge is 0.460 e. The first-order valence-electron chi connectivity index (χ1n) is 10.7. The lowest BCUT2D eigenvalue weighted by Crippen LogP contribution is -2.65. The van der Waals surface area contributed by atoms with Gasteiger partial charge < -0.3 is 19.4 Å². The molecule has 1 saturated heterocycles. The van der Waals surface area contributed by atoms with E-state index in [1.807, 2.05) is 0 Å². The fourth-order valence-electron chi connectivity index (χ4n) is 4.33. The quantitative estimate of drug-likeness (QED) is 0.482. The molecule has 0 saturated carbocycles. The summed E-state index contributed by atoms with van der Waals surface area (Å²) in [6, 6.07) is 5.64. The minimum absolute atomic E-state index is 0.240. The van der Waals surface area contributed by atoms with Gasteiger partial charge in [0.2, 0.25) is 0 Å². The van der Waals surface area contributed by atoms with Crippen molar-refractivity contribution in [1.29, 1.82) is 0 Å². The summed E-state index contributed by atoms with van der Waals surface area (Å²) in [5.74, 6) is -2.20. The molecule has 8 nitrogen and oxygen atoms in total. The Labute approximate surface area is 193 Å². The fraction of sp³-hybridized carbons (Fsp3) is 0.292. The molecule has 176 valence electrons. The highest BCUT2D eigenvalue weighted by molar-refractivity contribution is 6.07. The number of aryl methyl sites for hydroxylation is 2. The minimum Gasteiger partial charge on any atom is -0.460 e. The van der Waals surface area contributed by atoms with E-state index < -0.39 is 24.4 Å². The van der Waals surface area contributed by atoms with E-state index in [1.165, 1.54) is 23.8 Å².